The second kappa shape index (κ2) is 9.53. The summed E-state index contributed by atoms with van der Waals surface area (Å²) in [6.45, 7) is 5.77. The van der Waals surface area contributed by atoms with Crippen molar-refractivity contribution in [1.82, 2.24) is 9.66 Å². The SMILES string of the molecule is CC(C)(C)c1nc2ccc(Br)cc2c(=O)n1N=Cc1cc(I)c(OCC(N)=O)c(I)c1. The highest BCUT2D eigenvalue weighted by Gasteiger charge is 2.23. The molecule has 1 aromatic heterocycles. The van der Waals surface area contributed by atoms with Gasteiger partial charge in [-0.15, -0.1) is 0 Å². The first-order chi connectivity index (χ1) is 14.5. The summed E-state index contributed by atoms with van der Waals surface area (Å²) in [5, 5.41) is 4.97. The van der Waals surface area contributed by atoms with Gasteiger partial charge in [0.25, 0.3) is 11.5 Å². The van der Waals surface area contributed by atoms with Crippen molar-refractivity contribution in [2.24, 2.45) is 10.8 Å². The van der Waals surface area contributed by atoms with Crippen LogP contribution in [-0.2, 0) is 10.2 Å². The van der Waals surface area contributed by atoms with Gasteiger partial charge in [-0.3, -0.25) is 9.59 Å². The van der Waals surface area contributed by atoms with Gasteiger partial charge in [0.15, 0.2) is 6.61 Å². The van der Waals surface area contributed by atoms with Crippen molar-refractivity contribution in [1.29, 1.82) is 0 Å². The van der Waals surface area contributed by atoms with E-state index in [1.807, 2.05) is 45.0 Å². The van der Waals surface area contributed by atoms with Crippen LogP contribution in [0.1, 0.15) is 32.2 Å². The molecular formula is C21H19BrI2N4O3. The largest absolute Gasteiger partial charge is 0.482 e. The molecule has 0 saturated heterocycles. The Morgan fingerprint density at radius 1 is 1.26 bits per heavy atom. The Balaban J connectivity index is 2.09. The maximum atomic E-state index is 13.2. The average Bonchev–Trinajstić information content (AvgIpc) is 2.66. The number of primary amides is 1. The van der Waals surface area contributed by atoms with Crippen LogP contribution < -0.4 is 16.0 Å². The van der Waals surface area contributed by atoms with Crippen LogP contribution in [-0.4, -0.2) is 28.4 Å². The molecule has 1 amide bonds. The smallest absolute Gasteiger partial charge is 0.282 e. The number of ether oxygens (including phenoxy) is 1. The van der Waals surface area contributed by atoms with Crippen molar-refractivity contribution >= 4 is 84.1 Å². The Kier molecular flexibility index (Phi) is 7.41. The minimum atomic E-state index is -0.540. The summed E-state index contributed by atoms with van der Waals surface area (Å²) in [5.41, 5.74) is 5.94. The van der Waals surface area contributed by atoms with E-state index in [0.717, 1.165) is 17.2 Å². The minimum absolute atomic E-state index is 0.192. The van der Waals surface area contributed by atoms with Crippen molar-refractivity contribution in [3.05, 3.63) is 63.7 Å². The molecule has 1 heterocycles. The zero-order chi connectivity index (χ0) is 22.9. The molecule has 3 rings (SSSR count). The van der Waals surface area contributed by atoms with Gasteiger partial charge in [-0.1, -0.05) is 36.7 Å². The first kappa shape index (κ1) is 24.1. The lowest BCUT2D eigenvalue weighted by molar-refractivity contribution is -0.119. The lowest BCUT2D eigenvalue weighted by Gasteiger charge is -2.20. The number of carbonyl (C=O) groups excluding carboxylic acids is 1. The second-order valence-electron chi connectivity index (χ2n) is 7.78. The van der Waals surface area contributed by atoms with E-state index in [0.29, 0.717) is 22.5 Å². The third kappa shape index (κ3) is 5.64. The van der Waals surface area contributed by atoms with E-state index in [1.165, 1.54) is 4.68 Å². The van der Waals surface area contributed by atoms with Crippen molar-refractivity contribution in [2.45, 2.75) is 26.2 Å². The fourth-order valence-electron chi connectivity index (χ4n) is 2.80. The third-order valence-corrected chi connectivity index (χ3v) is 6.28. The van der Waals surface area contributed by atoms with Crippen LogP contribution in [0.25, 0.3) is 10.9 Å². The molecule has 0 fully saturated rings. The number of hydrogen-bond acceptors (Lipinski definition) is 5. The summed E-state index contributed by atoms with van der Waals surface area (Å²) in [5.74, 6) is 0.609. The Morgan fingerprint density at radius 2 is 1.90 bits per heavy atom. The van der Waals surface area contributed by atoms with Crippen LogP contribution in [0.2, 0.25) is 0 Å². The molecule has 7 nitrogen and oxygen atoms in total. The molecule has 0 unspecified atom stereocenters. The quantitative estimate of drug-likeness (QED) is 0.314. The molecule has 0 spiro atoms. The van der Waals surface area contributed by atoms with Crippen LogP contribution >= 0.6 is 61.1 Å². The number of aromatic nitrogens is 2. The molecule has 2 aromatic carbocycles. The molecule has 31 heavy (non-hydrogen) atoms. The van der Waals surface area contributed by atoms with Crippen molar-refractivity contribution < 1.29 is 9.53 Å². The van der Waals surface area contributed by atoms with Gasteiger partial charge in [0.2, 0.25) is 0 Å². The lowest BCUT2D eigenvalue weighted by atomic mass is 9.95. The Morgan fingerprint density at radius 3 is 2.48 bits per heavy atom. The number of carbonyl (C=O) groups is 1. The maximum Gasteiger partial charge on any atom is 0.282 e. The third-order valence-electron chi connectivity index (χ3n) is 4.18. The normalized spacial score (nSPS) is 11.9. The molecule has 0 saturated carbocycles. The van der Waals surface area contributed by atoms with Gasteiger partial charge in [-0.25, -0.2) is 4.98 Å². The number of rotatable bonds is 5. The molecule has 0 aliphatic rings. The number of amides is 1. The fourth-order valence-corrected chi connectivity index (χ4v) is 5.29. The van der Waals surface area contributed by atoms with Gasteiger partial charge in [-0.2, -0.15) is 9.78 Å². The zero-order valence-electron chi connectivity index (χ0n) is 16.9. The van der Waals surface area contributed by atoms with Gasteiger partial charge >= 0.3 is 0 Å². The average molecular weight is 709 g/mol. The molecule has 2 N–H and O–H groups in total. The number of hydrogen-bond donors (Lipinski definition) is 1. The summed E-state index contributed by atoms with van der Waals surface area (Å²) in [7, 11) is 0. The molecule has 3 aromatic rings. The van der Waals surface area contributed by atoms with Crippen LogP contribution in [0.15, 0.2) is 44.7 Å². The summed E-state index contributed by atoms with van der Waals surface area (Å²) in [4.78, 5) is 29.0. The van der Waals surface area contributed by atoms with E-state index in [1.54, 1.807) is 12.3 Å². The van der Waals surface area contributed by atoms with Crippen molar-refractivity contribution in [2.75, 3.05) is 6.61 Å². The molecule has 162 valence electrons. The topological polar surface area (TPSA) is 99.6 Å². The first-order valence-electron chi connectivity index (χ1n) is 9.14. The van der Waals surface area contributed by atoms with Crippen molar-refractivity contribution in [3.63, 3.8) is 0 Å². The van der Waals surface area contributed by atoms with Crippen LogP contribution in [0.5, 0.6) is 5.75 Å². The van der Waals surface area contributed by atoms with Crippen LogP contribution in [0.3, 0.4) is 0 Å². The van der Waals surface area contributed by atoms with Gasteiger partial charge < -0.3 is 10.5 Å². The van der Waals surface area contributed by atoms with Gasteiger partial charge in [0.1, 0.15) is 11.6 Å². The fraction of sp³-hybridized carbons (Fsp3) is 0.238. The number of halogens is 3. The number of fused-ring (bicyclic) bond motifs is 1. The highest BCUT2D eigenvalue weighted by Crippen LogP contribution is 2.29. The van der Waals surface area contributed by atoms with Crippen LogP contribution in [0.4, 0.5) is 0 Å². The lowest BCUT2D eigenvalue weighted by Crippen LogP contribution is -2.29. The summed E-state index contributed by atoms with van der Waals surface area (Å²) in [6.07, 6.45) is 1.62. The maximum absolute atomic E-state index is 13.2. The van der Waals surface area contributed by atoms with E-state index < -0.39 is 11.3 Å². The van der Waals surface area contributed by atoms with E-state index in [9.17, 15) is 9.59 Å². The van der Waals surface area contributed by atoms with E-state index in [2.05, 4.69) is 66.2 Å². The highest BCUT2D eigenvalue weighted by molar-refractivity contribution is 14.1. The summed E-state index contributed by atoms with van der Waals surface area (Å²) < 4.78 is 9.24. The molecule has 0 radical (unpaired) electrons. The zero-order valence-corrected chi connectivity index (χ0v) is 22.8. The molecule has 10 heteroatoms. The van der Waals surface area contributed by atoms with Gasteiger partial charge in [0.05, 0.1) is 24.3 Å². The Labute approximate surface area is 214 Å². The Hall–Kier alpha value is -1.54. The first-order valence-corrected chi connectivity index (χ1v) is 12.1. The highest BCUT2D eigenvalue weighted by atomic mass is 127. The minimum Gasteiger partial charge on any atom is -0.482 e. The predicted octanol–water partition coefficient (Wildman–Crippen LogP) is 4.41. The predicted molar refractivity (Wildman–Crippen MR) is 142 cm³/mol. The van der Waals surface area contributed by atoms with E-state index in [-0.39, 0.29) is 12.2 Å². The molecular weight excluding hydrogens is 690 g/mol. The van der Waals surface area contributed by atoms with E-state index >= 15 is 0 Å². The molecule has 0 aliphatic carbocycles. The number of nitrogens with zero attached hydrogens (tertiary/aromatic N) is 3. The summed E-state index contributed by atoms with van der Waals surface area (Å²) in [6, 6.07) is 9.14. The standard InChI is InChI=1S/C21H19BrI2N4O3/c1-21(2,3)20-27-16-5-4-12(22)8-13(16)19(30)28(20)26-9-11-6-14(23)18(15(24)7-11)31-10-17(25)29/h4-9H,10H2,1-3H3,(H2,25,29). The monoisotopic (exact) mass is 708 g/mol. The molecule has 0 atom stereocenters. The van der Waals surface area contributed by atoms with Gasteiger partial charge in [-0.05, 0) is 81.1 Å². The molecule has 0 aliphatic heterocycles. The second-order valence-corrected chi connectivity index (χ2v) is 11.0. The Bertz CT molecular complexity index is 1240. The summed E-state index contributed by atoms with van der Waals surface area (Å²) >= 11 is 7.66. The van der Waals surface area contributed by atoms with E-state index in [4.69, 9.17) is 15.5 Å². The number of nitrogens with two attached hydrogens (primary N) is 1. The van der Waals surface area contributed by atoms with Crippen molar-refractivity contribution in [3.8, 4) is 5.75 Å². The van der Waals surface area contributed by atoms with Gasteiger partial charge in [0, 0.05) is 9.89 Å². The van der Waals surface area contributed by atoms with Crippen LogP contribution in [0, 0.1) is 7.14 Å². The molecule has 0 bridgehead atoms. The number of benzene rings is 2.